The Bertz CT molecular complexity index is 570. The summed E-state index contributed by atoms with van der Waals surface area (Å²) >= 11 is 0. The fourth-order valence-electron chi connectivity index (χ4n) is 1.69. The summed E-state index contributed by atoms with van der Waals surface area (Å²) in [6.07, 6.45) is 0. The average Bonchev–Trinajstić information content (AvgIpc) is 2.24. The third-order valence-corrected chi connectivity index (χ3v) is 2.80. The van der Waals surface area contributed by atoms with Crippen LogP contribution in [0, 0.1) is 13.8 Å². The largest absolute Gasteiger partial charge is 0.391 e. The highest BCUT2D eigenvalue weighted by atomic mass is 16.3. The number of aliphatic hydroxyl groups is 1. The highest BCUT2D eigenvalue weighted by Gasteiger charge is 2.04. The zero-order chi connectivity index (χ0) is 11.0. The quantitative estimate of drug-likeness (QED) is 0.740. The molecule has 2 N–H and O–H groups in total. The number of rotatable bonds is 1. The Balaban J connectivity index is 2.87. The maximum absolute atomic E-state index is 11.5. The smallest absolute Gasteiger partial charge is 0.253 e. The summed E-state index contributed by atoms with van der Waals surface area (Å²) in [5.74, 6) is 0. The molecule has 0 spiro atoms. The van der Waals surface area contributed by atoms with Gasteiger partial charge >= 0.3 is 0 Å². The number of hydrogen-bond acceptors (Lipinski definition) is 2. The third kappa shape index (κ3) is 1.55. The van der Waals surface area contributed by atoms with E-state index >= 15 is 0 Å². The molecule has 2 rings (SSSR count). The highest BCUT2D eigenvalue weighted by Crippen LogP contribution is 2.18. The van der Waals surface area contributed by atoms with Crippen molar-refractivity contribution in [2.75, 3.05) is 0 Å². The molecule has 0 saturated carbocycles. The van der Waals surface area contributed by atoms with Crippen LogP contribution in [-0.2, 0) is 6.61 Å². The predicted octanol–water partition coefficient (Wildman–Crippen LogP) is 1.64. The van der Waals surface area contributed by atoms with E-state index in [1.165, 1.54) is 0 Å². The van der Waals surface area contributed by atoms with Crippen LogP contribution in [-0.4, -0.2) is 10.1 Å². The average molecular weight is 203 g/mol. The summed E-state index contributed by atoms with van der Waals surface area (Å²) in [6, 6.07) is 5.70. The van der Waals surface area contributed by atoms with E-state index in [4.69, 9.17) is 5.11 Å². The van der Waals surface area contributed by atoms with Gasteiger partial charge in [-0.05, 0) is 36.4 Å². The number of H-pyrrole nitrogens is 1. The fraction of sp³-hybridized carbons (Fsp3) is 0.250. The van der Waals surface area contributed by atoms with Gasteiger partial charge in [-0.3, -0.25) is 4.79 Å². The molecular formula is C12H13NO2. The van der Waals surface area contributed by atoms with Gasteiger partial charge in [0.15, 0.2) is 0 Å². The van der Waals surface area contributed by atoms with E-state index in [2.05, 4.69) is 4.98 Å². The van der Waals surface area contributed by atoms with E-state index in [1.807, 2.05) is 26.0 Å². The first-order valence-electron chi connectivity index (χ1n) is 4.86. The zero-order valence-corrected chi connectivity index (χ0v) is 8.79. The van der Waals surface area contributed by atoms with Gasteiger partial charge in [0.05, 0.1) is 12.1 Å². The summed E-state index contributed by atoms with van der Waals surface area (Å²) in [6.45, 7) is 3.76. The van der Waals surface area contributed by atoms with Crippen molar-refractivity contribution in [2.45, 2.75) is 20.5 Å². The number of fused-ring (bicyclic) bond motifs is 1. The Morgan fingerprint density at radius 2 is 2.07 bits per heavy atom. The van der Waals surface area contributed by atoms with Crippen molar-refractivity contribution < 1.29 is 5.11 Å². The van der Waals surface area contributed by atoms with Crippen LogP contribution in [0.3, 0.4) is 0 Å². The van der Waals surface area contributed by atoms with Gasteiger partial charge in [0.1, 0.15) is 0 Å². The lowest BCUT2D eigenvalue weighted by Crippen LogP contribution is -2.12. The first kappa shape index (κ1) is 9.93. The molecule has 0 bridgehead atoms. The molecule has 1 heterocycles. The normalized spacial score (nSPS) is 10.9. The minimum absolute atomic E-state index is 0.210. The second-order valence-electron chi connectivity index (χ2n) is 3.75. The van der Waals surface area contributed by atoms with E-state index in [0.717, 1.165) is 22.0 Å². The third-order valence-electron chi connectivity index (χ3n) is 2.80. The Kier molecular flexibility index (Phi) is 2.32. The first-order chi connectivity index (χ1) is 7.13. The lowest BCUT2D eigenvalue weighted by Gasteiger charge is -2.06. The van der Waals surface area contributed by atoms with Crippen LogP contribution in [0.5, 0.6) is 0 Å². The van der Waals surface area contributed by atoms with E-state index in [0.29, 0.717) is 5.56 Å². The van der Waals surface area contributed by atoms with Gasteiger partial charge in [-0.15, -0.1) is 0 Å². The molecular weight excluding hydrogens is 190 g/mol. The van der Waals surface area contributed by atoms with Crippen LogP contribution in [0.25, 0.3) is 10.9 Å². The first-order valence-corrected chi connectivity index (χ1v) is 4.86. The highest BCUT2D eigenvalue weighted by molar-refractivity contribution is 5.83. The number of aryl methyl sites for hydroxylation is 2. The van der Waals surface area contributed by atoms with Gasteiger partial charge in [0.2, 0.25) is 0 Å². The molecule has 0 fully saturated rings. The molecule has 2 aromatic rings. The van der Waals surface area contributed by atoms with Crippen LogP contribution >= 0.6 is 0 Å². The van der Waals surface area contributed by atoms with Gasteiger partial charge in [-0.25, -0.2) is 0 Å². The van der Waals surface area contributed by atoms with Gasteiger partial charge in [0.25, 0.3) is 5.56 Å². The Morgan fingerprint density at radius 1 is 1.33 bits per heavy atom. The molecule has 0 atom stereocenters. The number of aromatic nitrogens is 1. The Labute approximate surface area is 87.4 Å². The van der Waals surface area contributed by atoms with Crippen molar-refractivity contribution >= 4 is 10.9 Å². The number of benzene rings is 1. The second-order valence-corrected chi connectivity index (χ2v) is 3.75. The number of aromatic amines is 1. The molecule has 0 aliphatic heterocycles. The molecule has 1 aromatic heterocycles. The molecule has 3 nitrogen and oxygen atoms in total. The molecule has 15 heavy (non-hydrogen) atoms. The molecule has 78 valence electrons. The van der Waals surface area contributed by atoms with E-state index in [1.54, 1.807) is 6.07 Å². The molecule has 1 aromatic carbocycles. The molecule has 0 saturated heterocycles. The SMILES string of the molecule is Cc1ccc2cc(CO)c(=O)[nH]c2c1C. The van der Waals surface area contributed by atoms with E-state index < -0.39 is 0 Å². The van der Waals surface area contributed by atoms with Crippen LogP contribution in [0.4, 0.5) is 0 Å². The molecule has 0 aliphatic rings. The standard InChI is InChI=1S/C12H13NO2/c1-7-3-4-9-5-10(6-14)12(15)13-11(9)8(7)2/h3-5,14H,6H2,1-2H3,(H,13,15). The van der Waals surface area contributed by atoms with Crippen LogP contribution < -0.4 is 5.56 Å². The maximum atomic E-state index is 11.5. The lowest BCUT2D eigenvalue weighted by molar-refractivity contribution is 0.280. The molecule has 0 radical (unpaired) electrons. The minimum Gasteiger partial charge on any atom is -0.391 e. The minimum atomic E-state index is -0.224. The van der Waals surface area contributed by atoms with Gasteiger partial charge < -0.3 is 10.1 Å². The van der Waals surface area contributed by atoms with Crippen molar-refractivity contribution in [3.8, 4) is 0 Å². The number of pyridine rings is 1. The maximum Gasteiger partial charge on any atom is 0.253 e. The van der Waals surface area contributed by atoms with Crippen molar-refractivity contribution in [3.63, 3.8) is 0 Å². The van der Waals surface area contributed by atoms with E-state index in [-0.39, 0.29) is 12.2 Å². The van der Waals surface area contributed by atoms with E-state index in [9.17, 15) is 4.79 Å². The molecule has 0 amide bonds. The van der Waals surface area contributed by atoms with Crippen LogP contribution in [0.1, 0.15) is 16.7 Å². The Hall–Kier alpha value is -1.61. The zero-order valence-electron chi connectivity index (χ0n) is 8.79. The number of nitrogens with one attached hydrogen (secondary N) is 1. The summed E-state index contributed by atoms with van der Waals surface area (Å²) in [5, 5.41) is 9.94. The summed E-state index contributed by atoms with van der Waals surface area (Å²) in [5.41, 5.74) is 3.28. The van der Waals surface area contributed by atoms with Gasteiger partial charge in [-0.1, -0.05) is 12.1 Å². The number of hydrogen-bond donors (Lipinski definition) is 2. The molecule has 0 aliphatic carbocycles. The predicted molar refractivity (Wildman–Crippen MR) is 60.0 cm³/mol. The summed E-state index contributed by atoms with van der Waals surface area (Å²) in [4.78, 5) is 14.3. The molecule has 3 heteroatoms. The Morgan fingerprint density at radius 3 is 2.73 bits per heavy atom. The van der Waals surface area contributed by atoms with Gasteiger partial charge in [0, 0.05) is 5.56 Å². The van der Waals surface area contributed by atoms with Crippen molar-refractivity contribution in [1.29, 1.82) is 0 Å². The van der Waals surface area contributed by atoms with Crippen LogP contribution in [0.2, 0.25) is 0 Å². The summed E-state index contributed by atoms with van der Waals surface area (Å²) in [7, 11) is 0. The van der Waals surface area contributed by atoms with Gasteiger partial charge in [-0.2, -0.15) is 0 Å². The second kappa shape index (κ2) is 3.51. The topological polar surface area (TPSA) is 53.1 Å². The lowest BCUT2D eigenvalue weighted by atomic mass is 10.0. The van der Waals surface area contributed by atoms with Crippen molar-refractivity contribution in [3.05, 3.63) is 45.2 Å². The van der Waals surface area contributed by atoms with Crippen molar-refractivity contribution in [1.82, 2.24) is 4.98 Å². The van der Waals surface area contributed by atoms with Crippen molar-refractivity contribution in [2.24, 2.45) is 0 Å². The fourth-order valence-corrected chi connectivity index (χ4v) is 1.69. The summed E-state index contributed by atoms with van der Waals surface area (Å²) < 4.78 is 0. The molecule has 0 unspecified atom stereocenters. The monoisotopic (exact) mass is 203 g/mol. The number of aliphatic hydroxyl groups excluding tert-OH is 1. The van der Waals surface area contributed by atoms with Crippen LogP contribution in [0.15, 0.2) is 23.0 Å².